The average molecular weight is 432 g/mol. The molecule has 1 aromatic heterocycles. The summed E-state index contributed by atoms with van der Waals surface area (Å²) in [5, 5.41) is 3.33. The molecule has 5 nitrogen and oxygen atoms in total. The molecule has 148 valence electrons. The van der Waals surface area contributed by atoms with Crippen LogP contribution in [0.3, 0.4) is 0 Å². The minimum Gasteiger partial charge on any atom is -0.326 e. The highest BCUT2D eigenvalue weighted by atomic mass is 35.5. The van der Waals surface area contributed by atoms with Gasteiger partial charge in [0.1, 0.15) is 11.6 Å². The van der Waals surface area contributed by atoms with Crippen molar-refractivity contribution in [1.82, 2.24) is 4.98 Å². The standard InChI is InChI=1S/C21H16Cl2FN3O2/c1-13(28)27(16-5-2-4-14(22)10-16)20-11-15(8-9-25-20)26-21(29)12-17-18(23)6-3-7-19(17)24/h2-11H,12H2,1H3,(H,25,26,29). The van der Waals surface area contributed by atoms with Crippen molar-refractivity contribution >= 4 is 52.2 Å². The second kappa shape index (κ2) is 9.03. The van der Waals surface area contributed by atoms with Crippen LogP contribution in [0.4, 0.5) is 21.6 Å². The summed E-state index contributed by atoms with van der Waals surface area (Å²) in [5.74, 6) is -0.971. The SMILES string of the molecule is CC(=O)N(c1cccc(Cl)c1)c1cc(NC(=O)Cc2c(F)cccc2Cl)ccn1. The fourth-order valence-corrected chi connectivity index (χ4v) is 3.19. The third kappa shape index (κ3) is 5.10. The van der Waals surface area contributed by atoms with Crippen molar-refractivity contribution in [3.63, 3.8) is 0 Å². The first-order valence-corrected chi connectivity index (χ1v) is 9.36. The first-order valence-electron chi connectivity index (χ1n) is 8.60. The quantitative estimate of drug-likeness (QED) is 0.588. The van der Waals surface area contributed by atoms with E-state index in [1.807, 2.05) is 0 Å². The van der Waals surface area contributed by atoms with Crippen LogP contribution in [0.25, 0.3) is 0 Å². The van der Waals surface area contributed by atoms with Crippen LogP contribution < -0.4 is 10.2 Å². The summed E-state index contributed by atoms with van der Waals surface area (Å²) in [5.41, 5.74) is 1.06. The number of hydrogen-bond acceptors (Lipinski definition) is 3. The molecule has 0 saturated heterocycles. The molecule has 1 N–H and O–H groups in total. The van der Waals surface area contributed by atoms with Crippen molar-refractivity contribution in [3.8, 4) is 0 Å². The van der Waals surface area contributed by atoms with Gasteiger partial charge in [0.05, 0.1) is 12.1 Å². The van der Waals surface area contributed by atoms with E-state index in [1.165, 1.54) is 36.2 Å². The number of rotatable bonds is 5. The number of nitrogens with zero attached hydrogens (tertiary/aromatic N) is 2. The van der Waals surface area contributed by atoms with Crippen molar-refractivity contribution < 1.29 is 14.0 Å². The topological polar surface area (TPSA) is 62.3 Å². The lowest BCUT2D eigenvalue weighted by Gasteiger charge is -2.21. The molecule has 2 amide bonds. The van der Waals surface area contributed by atoms with Crippen LogP contribution in [0.1, 0.15) is 12.5 Å². The second-order valence-electron chi connectivity index (χ2n) is 6.16. The van der Waals surface area contributed by atoms with Gasteiger partial charge in [0.25, 0.3) is 0 Å². The molecule has 3 aromatic rings. The first-order chi connectivity index (χ1) is 13.8. The number of benzene rings is 2. The van der Waals surface area contributed by atoms with E-state index < -0.39 is 11.7 Å². The molecule has 0 atom stereocenters. The number of hydrogen-bond donors (Lipinski definition) is 1. The van der Waals surface area contributed by atoms with Crippen molar-refractivity contribution in [2.45, 2.75) is 13.3 Å². The summed E-state index contributed by atoms with van der Waals surface area (Å²) in [6, 6.07) is 14.1. The molecule has 3 rings (SSSR count). The average Bonchev–Trinajstić information content (AvgIpc) is 2.65. The Morgan fingerprint density at radius 1 is 1.10 bits per heavy atom. The number of halogens is 3. The van der Waals surface area contributed by atoms with Gasteiger partial charge < -0.3 is 5.32 Å². The zero-order valence-corrected chi connectivity index (χ0v) is 16.8. The Morgan fingerprint density at radius 3 is 2.55 bits per heavy atom. The monoisotopic (exact) mass is 431 g/mol. The fraction of sp³-hybridized carbons (Fsp3) is 0.0952. The number of carbonyl (C=O) groups excluding carboxylic acids is 2. The highest BCUT2D eigenvalue weighted by Gasteiger charge is 2.17. The predicted molar refractivity (Wildman–Crippen MR) is 112 cm³/mol. The molecule has 0 fully saturated rings. The van der Waals surface area contributed by atoms with E-state index in [4.69, 9.17) is 23.2 Å². The summed E-state index contributed by atoms with van der Waals surface area (Å²) in [4.78, 5) is 30.2. The van der Waals surface area contributed by atoms with Gasteiger partial charge in [-0.05, 0) is 36.4 Å². The van der Waals surface area contributed by atoms with Crippen molar-refractivity contribution in [2.75, 3.05) is 10.2 Å². The summed E-state index contributed by atoms with van der Waals surface area (Å²) in [6.07, 6.45) is 1.23. The summed E-state index contributed by atoms with van der Waals surface area (Å²) in [6.45, 7) is 1.40. The molecule has 0 spiro atoms. The molecule has 0 unspecified atom stereocenters. The van der Waals surface area contributed by atoms with Gasteiger partial charge in [-0.3, -0.25) is 14.5 Å². The van der Waals surface area contributed by atoms with Gasteiger partial charge in [-0.1, -0.05) is 35.3 Å². The molecule has 0 aliphatic rings. The Bertz CT molecular complexity index is 1060. The lowest BCUT2D eigenvalue weighted by Crippen LogP contribution is -2.24. The maximum Gasteiger partial charge on any atom is 0.229 e. The number of anilines is 3. The fourth-order valence-electron chi connectivity index (χ4n) is 2.78. The highest BCUT2D eigenvalue weighted by Crippen LogP contribution is 2.28. The van der Waals surface area contributed by atoms with E-state index in [1.54, 1.807) is 36.4 Å². The van der Waals surface area contributed by atoms with Gasteiger partial charge in [0.15, 0.2) is 0 Å². The molecule has 0 aliphatic carbocycles. The molecule has 8 heteroatoms. The smallest absolute Gasteiger partial charge is 0.229 e. The van der Waals surface area contributed by atoms with E-state index >= 15 is 0 Å². The minimum absolute atomic E-state index is 0.116. The number of aromatic nitrogens is 1. The van der Waals surface area contributed by atoms with E-state index in [-0.39, 0.29) is 22.9 Å². The third-order valence-corrected chi connectivity index (χ3v) is 4.63. The van der Waals surface area contributed by atoms with Crippen LogP contribution in [-0.4, -0.2) is 16.8 Å². The largest absolute Gasteiger partial charge is 0.326 e. The number of nitrogens with one attached hydrogen (secondary N) is 1. The number of pyridine rings is 1. The Morgan fingerprint density at radius 2 is 1.86 bits per heavy atom. The zero-order valence-electron chi connectivity index (χ0n) is 15.3. The maximum absolute atomic E-state index is 13.9. The van der Waals surface area contributed by atoms with Crippen LogP contribution in [-0.2, 0) is 16.0 Å². The normalized spacial score (nSPS) is 10.5. The Kier molecular flexibility index (Phi) is 6.46. The molecule has 1 heterocycles. The molecule has 0 radical (unpaired) electrons. The maximum atomic E-state index is 13.9. The van der Waals surface area contributed by atoms with Gasteiger partial charge in [-0.2, -0.15) is 0 Å². The van der Waals surface area contributed by atoms with Gasteiger partial charge >= 0.3 is 0 Å². The van der Waals surface area contributed by atoms with E-state index in [0.717, 1.165) is 0 Å². The minimum atomic E-state index is -0.549. The lowest BCUT2D eigenvalue weighted by atomic mass is 10.1. The Labute approximate surface area is 177 Å². The zero-order chi connectivity index (χ0) is 21.0. The predicted octanol–water partition coefficient (Wildman–Crippen LogP) is 5.39. The van der Waals surface area contributed by atoms with Crippen molar-refractivity contribution in [2.24, 2.45) is 0 Å². The van der Waals surface area contributed by atoms with E-state index in [9.17, 15) is 14.0 Å². The Hall–Kier alpha value is -2.96. The van der Waals surface area contributed by atoms with Crippen molar-refractivity contribution in [3.05, 3.63) is 82.2 Å². The second-order valence-corrected chi connectivity index (χ2v) is 7.01. The number of carbonyl (C=O) groups is 2. The van der Waals surface area contributed by atoms with Crippen molar-refractivity contribution in [1.29, 1.82) is 0 Å². The van der Waals surface area contributed by atoms with Crippen LogP contribution in [0.15, 0.2) is 60.8 Å². The molecule has 0 aliphatic heterocycles. The van der Waals surface area contributed by atoms with Crippen LogP contribution in [0, 0.1) is 5.82 Å². The van der Waals surface area contributed by atoms with E-state index in [0.29, 0.717) is 22.2 Å². The first kappa shape index (κ1) is 20.8. The third-order valence-electron chi connectivity index (χ3n) is 4.04. The Balaban J connectivity index is 1.83. The van der Waals surface area contributed by atoms with Crippen LogP contribution >= 0.6 is 23.2 Å². The molecule has 2 aromatic carbocycles. The van der Waals surface area contributed by atoms with E-state index in [2.05, 4.69) is 10.3 Å². The molecule has 0 saturated carbocycles. The lowest BCUT2D eigenvalue weighted by molar-refractivity contribution is -0.116. The molecule has 0 bridgehead atoms. The van der Waals surface area contributed by atoms with Gasteiger partial charge in [-0.25, -0.2) is 9.37 Å². The summed E-state index contributed by atoms with van der Waals surface area (Å²) >= 11 is 12.0. The molecule has 29 heavy (non-hydrogen) atoms. The molecular weight excluding hydrogens is 416 g/mol. The summed E-state index contributed by atoms with van der Waals surface area (Å²) in [7, 11) is 0. The van der Waals surface area contributed by atoms with Gasteiger partial charge in [-0.15, -0.1) is 0 Å². The summed E-state index contributed by atoms with van der Waals surface area (Å²) < 4.78 is 13.9. The van der Waals surface area contributed by atoms with Crippen LogP contribution in [0.2, 0.25) is 10.0 Å². The van der Waals surface area contributed by atoms with Crippen LogP contribution in [0.5, 0.6) is 0 Å². The van der Waals surface area contributed by atoms with Gasteiger partial charge in [0.2, 0.25) is 11.8 Å². The van der Waals surface area contributed by atoms with Gasteiger partial charge in [0, 0.05) is 40.5 Å². The number of amides is 2. The highest BCUT2D eigenvalue weighted by molar-refractivity contribution is 6.31. The molecular formula is C21H16Cl2FN3O2.